The number of carbonyl (C=O) groups excluding carboxylic acids is 2. The summed E-state index contributed by atoms with van der Waals surface area (Å²) in [5.41, 5.74) is 1.29. The Morgan fingerprint density at radius 3 is 2.27 bits per heavy atom. The molecule has 13 nitrogen and oxygen atoms in total. The first-order chi connectivity index (χ1) is 24.6. The minimum atomic E-state index is -2.61. The topological polar surface area (TPSA) is 160 Å². The van der Waals surface area contributed by atoms with Gasteiger partial charge in [-0.05, 0) is 94.3 Å². The summed E-state index contributed by atoms with van der Waals surface area (Å²) in [5, 5.41) is 14.5. The first kappa shape index (κ1) is 39.5. The van der Waals surface area contributed by atoms with Gasteiger partial charge in [-0.3, -0.25) is 9.78 Å². The van der Waals surface area contributed by atoms with Crippen LogP contribution in [-0.2, 0) is 38.8 Å². The van der Waals surface area contributed by atoms with Gasteiger partial charge >= 0.3 is 12.1 Å². The average molecular weight is 717 g/mol. The molecule has 1 aliphatic rings. The Morgan fingerprint density at radius 2 is 1.61 bits per heavy atom. The molecule has 3 aromatic rings. The Balaban J connectivity index is 1.18. The van der Waals surface area contributed by atoms with Gasteiger partial charge in [-0.2, -0.15) is 0 Å². The number of aryl methyl sites for hydroxylation is 1. The number of halogens is 2. The Labute approximate surface area is 296 Å². The second-order valence-electron chi connectivity index (χ2n) is 12.2. The predicted octanol–water partition coefficient (Wildman–Crippen LogP) is 6.27. The van der Waals surface area contributed by atoms with Crippen molar-refractivity contribution in [3.8, 4) is 11.3 Å². The number of carbonyl (C=O) groups is 2. The van der Waals surface area contributed by atoms with Gasteiger partial charge < -0.3 is 38.8 Å². The molecule has 2 N–H and O–H groups in total. The molecule has 15 heteroatoms. The van der Waals surface area contributed by atoms with E-state index in [1.807, 2.05) is 26.0 Å². The summed E-state index contributed by atoms with van der Waals surface area (Å²) in [6.07, 6.45) is 1.47. The zero-order valence-electron chi connectivity index (χ0n) is 29.1. The molecule has 0 unspecified atom stereocenters. The zero-order valence-corrected chi connectivity index (χ0v) is 29.1. The molecular weight excluding hydrogens is 670 g/mol. The van der Waals surface area contributed by atoms with Crippen LogP contribution >= 0.6 is 0 Å². The fourth-order valence-electron chi connectivity index (χ4n) is 5.67. The second kappa shape index (κ2) is 19.9. The van der Waals surface area contributed by atoms with Crippen LogP contribution in [0, 0.1) is 18.8 Å². The molecule has 0 bridgehead atoms. The molecule has 0 amide bonds. The minimum absolute atomic E-state index is 0.0187. The fourth-order valence-corrected chi connectivity index (χ4v) is 5.67. The van der Waals surface area contributed by atoms with E-state index in [-0.39, 0.29) is 36.4 Å². The van der Waals surface area contributed by atoms with E-state index in [9.17, 15) is 23.5 Å². The monoisotopic (exact) mass is 716 g/mol. The van der Waals surface area contributed by atoms with Crippen LogP contribution in [0.2, 0.25) is 0 Å². The van der Waals surface area contributed by atoms with Crippen LogP contribution in [0.1, 0.15) is 62.8 Å². The SMILES string of the molecule is CCOCCOCCOCCOC(=O)OCOC(=O)[C@H]1CC[C@H]([C@@](C)(O)c2ccc(-c3cc(C)cc(Nc4cc(C(F)F)ccn4)n3)cn2)CC1. The van der Waals surface area contributed by atoms with E-state index < -0.39 is 30.9 Å². The summed E-state index contributed by atoms with van der Waals surface area (Å²) >= 11 is 0. The molecule has 278 valence electrons. The molecule has 3 aromatic heterocycles. The van der Waals surface area contributed by atoms with Gasteiger partial charge in [0.25, 0.3) is 6.43 Å². The number of pyridine rings is 3. The number of hydrogen-bond donors (Lipinski definition) is 2. The Hall–Kier alpha value is -4.31. The molecule has 0 spiro atoms. The maximum absolute atomic E-state index is 13.1. The summed E-state index contributed by atoms with van der Waals surface area (Å²) < 4.78 is 56.9. The summed E-state index contributed by atoms with van der Waals surface area (Å²) in [7, 11) is 0. The van der Waals surface area contributed by atoms with Crippen molar-refractivity contribution >= 4 is 23.8 Å². The third-order valence-corrected chi connectivity index (χ3v) is 8.47. The van der Waals surface area contributed by atoms with Crippen molar-refractivity contribution in [2.45, 2.75) is 58.5 Å². The summed E-state index contributed by atoms with van der Waals surface area (Å²) in [6.45, 7) is 7.50. The number of nitrogens with one attached hydrogen (secondary N) is 1. The van der Waals surface area contributed by atoms with Crippen molar-refractivity contribution in [1.82, 2.24) is 15.0 Å². The van der Waals surface area contributed by atoms with Crippen molar-refractivity contribution in [3.63, 3.8) is 0 Å². The average Bonchev–Trinajstić information content (AvgIpc) is 3.12. The van der Waals surface area contributed by atoms with Crippen LogP contribution in [0.15, 0.2) is 48.8 Å². The molecule has 4 rings (SSSR count). The number of aliphatic hydroxyl groups is 1. The van der Waals surface area contributed by atoms with Gasteiger partial charge in [0.15, 0.2) is 0 Å². The lowest BCUT2D eigenvalue weighted by molar-refractivity contribution is -0.160. The van der Waals surface area contributed by atoms with Crippen LogP contribution in [0.5, 0.6) is 0 Å². The lowest BCUT2D eigenvalue weighted by atomic mass is 9.73. The highest BCUT2D eigenvalue weighted by atomic mass is 19.3. The lowest BCUT2D eigenvalue weighted by Gasteiger charge is -2.37. The molecule has 1 fully saturated rings. The highest BCUT2D eigenvalue weighted by Crippen LogP contribution is 2.41. The van der Waals surface area contributed by atoms with Gasteiger partial charge in [-0.25, -0.2) is 23.5 Å². The van der Waals surface area contributed by atoms with Crippen molar-refractivity contribution in [3.05, 3.63) is 65.6 Å². The van der Waals surface area contributed by atoms with E-state index in [1.165, 1.54) is 18.3 Å². The van der Waals surface area contributed by atoms with Crippen LogP contribution in [0.25, 0.3) is 11.3 Å². The summed E-state index contributed by atoms with van der Waals surface area (Å²) in [6, 6.07) is 9.77. The summed E-state index contributed by atoms with van der Waals surface area (Å²) in [4.78, 5) is 37.6. The van der Waals surface area contributed by atoms with Gasteiger partial charge in [-0.1, -0.05) is 0 Å². The summed E-state index contributed by atoms with van der Waals surface area (Å²) in [5.74, 6) is -0.330. The van der Waals surface area contributed by atoms with E-state index in [4.69, 9.17) is 28.4 Å². The molecule has 3 heterocycles. The zero-order chi connectivity index (χ0) is 36.6. The number of ether oxygens (including phenoxy) is 6. The molecule has 1 atom stereocenters. The molecule has 0 saturated heterocycles. The third-order valence-electron chi connectivity index (χ3n) is 8.47. The number of hydrogen-bond acceptors (Lipinski definition) is 13. The van der Waals surface area contributed by atoms with E-state index in [0.717, 1.165) is 5.56 Å². The number of alkyl halides is 2. The van der Waals surface area contributed by atoms with Gasteiger partial charge in [0, 0.05) is 30.1 Å². The van der Waals surface area contributed by atoms with Crippen LogP contribution in [0.4, 0.5) is 25.2 Å². The molecule has 1 aliphatic carbocycles. The number of nitrogens with zero attached hydrogens (tertiary/aromatic N) is 3. The smallest absolute Gasteiger partial charge is 0.432 e. The van der Waals surface area contributed by atoms with E-state index in [0.29, 0.717) is 81.5 Å². The minimum Gasteiger partial charge on any atom is -0.432 e. The standard InChI is InChI=1S/C36H46F2N4O9/c1-4-46-13-14-47-15-16-48-17-18-49-35(44)51-23-50-34(43)25-5-8-28(9-6-25)36(3,45)30-10-7-27(22-40-30)29-19-24(2)20-32(41-29)42-31-21-26(33(37)38)11-12-39-31/h7,10-12,19-22,25,28,33,45H,4-6,8-9,13-18,23H2,1-3H3,(H,39,41,42)/t25-,28-,36-/m1/s1. The van der Waals surface area contributed by atoms with Crippen LogP contribution in [-0.4, -0.2) is 85.2 Å². The molecular formula is C36H46F2N4O9. The second-order valence-corrected chi connectivity index (χ2v) is 12.2. The van der Waals surface area contributed by atoms with Crippen molar-refractivity contribution < 1.29 is 51.9 Å². The highest BCUT2D eigenvalue weighted by molar-refractivity contribution is 5.72. The van der Waals surface area contributed by atoms with Gasteiger partial charge in [-0.15, -0.1) is 0 Å². The maximum Gasteiger partial charge on any atom is 0.511 e. The number of rotatable bonds is 19. The Morgan fingerprint density at radius 1 is 0.902 bits per heavy atom. The quantitative estimate of drug-likeness (QED) is 0.0813. The van der Waals surface area contributed by atoms with Crippen molar-refractivity contribution in [1.29, 1.82) is 0 Å². The Bertz CT molecular complexity index is 1540. The lowest BCUT2D eigenvalue weighted by Crippen LogP contribution is -2.37. The highest BCUT2D eigenvalue weighted by Gasteiger charge is 2.39. The molecule has 0 radical (unpaired) electrons. The number of anilines is 2. The van der Waals surface area contributed by atoms with Gasteiger partial charge in [0.05, 0.1) is 50.3 Å². The van der Waals surface area contributed by atoms with E-state index >= 15 is 0 Å². The largest absolute Gasteiger partial charge is 0.511 e. The first-order valence-electron chi connectivity index (χ1n) is 16.9. The predicted molar refractivity (Wildman–Crippen MR) is 181 cm³/mol. The molecule has 51 heavy (non-hydrogen) atoms. The molecule has 0 aliphatic heterocycles. The Kier molecular flexibility index (Phi) is 15.4. The van der Waals surface area contributed by atoms with Crippen molar-refractivity contribution in [2.75, 3.05) is 58.4 Å². The van der Waals surface area contributed by atoms with Crippen LogP contribution in [0.3, 0.4) is 0 Å². The van der Waals surface area contributed by atoms with Gasteiger partial charge in [0.2, 0.25) is 6.79 Å². The van der Waals surface area contributed by atoms with Gasteiger partial charge in [0.1, 0.15) is 23.8 Å². The van der Waals surface area contributed by atoms with E-state index in [2.05, 4.69) is 20.3 Å². The number of esters is 1. The first-order valence-corrected chi connectivity index (χ1v) is 16.9. The third kappa shape index (κ3) is 12.5. The molecule has 0 aromatic carbocycles. The van der Waals surface area contributed by atoms with E-state index in [1.54, 1.807) is 25.3 Å². The molecule has 1 saturated carbocycles. The fraction of sp³-hybridized carbons (Fsp3) is 0.528. The van der Waals surface area contributed by atoms with Crippen LogP contribution < -0.4 is 5.32 Å². The van der Waals surface area contributed by atoms with Crippen molar-refractivity contribution in [2.24, 2.45) is 11.8 Å². The number of aromatic nitrogens is 3. The maximum atomic E-state index is 13.1. The normalized spacial score (nSPS) is 17.1.